The molecule has 1 rings (SSSR count). The molecule has 0 saturated heterocycles. The van der Waals surface area contributed by atoms with E-state index < -0.39 is 23.4 Å². The fourth-order valence-corrected chi connectivity index (χ4v) is 1.74. The molecule has 0 aliphatic rings. The fourth-order valence-electron chi connectivity index (χ4n) is 1.74. The van der Waals surface area contributed by atoms with Crippen molar-refractivity contribution in [1.29, 1.82) is 0 Å². The van der Waals surface area contributed by atoms with Gasteiger partial charge in [0, 0.05) is 6.20 Å². The van der Waals surface area contributed by atoms with Crippen LogP contribution in [-0.2, 0) is 15.9 Å². The van der Waals surface area contributed by atoms with Gasteiger partial charge < -0.3 is 15.2 Å². The molecule has 0 saturated carbocycles. The highest BCUT2D eigenvalue weighted by Crippen LogP contribution is 2.20. The largest absolute Gasteiger partial charge is 0.443 e. The number of nitrogens with two attached hydrogens (primary N) is 1. The number of hydrogen-bond acceptors (Lipinski definition) is 6. The lowest BCUT2D eigenvalue weighted by molar-refractivity contribution is 0.0429. The molecule has 1 aromatic rings. The molecule has 0 bridgehead atoms. The third kappa shape index (κ3) is 6.54. The summed E-state index contributed by atoms with van der Waals surface area (Å²) in [6.45, 7) is 10.8. The van der Waals surface area contributed by atoms with Crippen LogP contribution in [0, 0.1) is 0 Å². The molecule has 0 unspecified atom stereocenters. The molecule has 7 nitrogen and oxygen atoms in total. The first kappa shape index (κ1) is 19.9. The molecule has 2 N–H and O–H groups in total. The van der Waals surface area contributed by atoms with E-state index in [9.17, 15) is 9.59 Å². The van der Waals surface area contributed by atoms with Crippen molar-refractivity contribution in [3.8, 4) is 0 Å². The van der Waals surface area contributed by atoms with Gasteiger partial charge in [-0.05, 0) is 66.1 Å². The van der Waals surface area contributed by atoms with Crippen molar-refractivity contribution in [2.45, 2.75) is 59.2 Å². The summed E-state index contributed by atoms with van der Waals surface area (Å²) < 4.78 is 10.6. The molecule has 0 spiro atoms. The zero-order valence-corrected chi connectivity index (χ0v) is 15.3. The first-order chi connectivity index (χ1) is 10.9. The highest BCUT2D eigenvalue weighted by molar-refractivity contribution is 6.08. The number of carbonyl (C=O) groups is 2. The normalized spacial score (nSPS) is 11.8. The van der Waals surface area contributed by atoms with Crippen LogP contribution in [0.15, 0.2) is 18.3 Å². The third-order valence-corrected chi connectivity index (χ3v) is 2.62. The smallest absolute Gasteiger partial charge is 0.425 e. The van der Waals surface area contributed by atoms with Gasteiger partial charge in [-0.3, -0.25) is 0 Å². The van der Waals surface area contributed by atoms with E-state index in [1.54, 1.807) is 59.9 Å². The summed E-state index contributed by atoms with van der Waals surface area (Å²) in [4.78, 5) is 29.8. The maximum Gasteiger partial charge on any atom is 0.425 e. The van der Waals surface area contributed by atoms with Gasteiger partial charge in [-0.15, -0.1) is 0 Å². The van der Waals surface area contributed by atoms with Crippen LogP contribution < -0.4 is 10.6 Å². The van der Waals surface area contributed by atoms with E-state index >= 15 is 0 Å². The van der Waals surface area contributed by atoms with E-state index in [-0.39, 0.29) is 5.82 Å². The molecule has 0 aromatic carbocycles. The molecular formula is C17H27N3O4. The minimum Gasteiger partial charge on any atom is -0.443 e. The van der Waals surface area contributed by atoms with Gasteiger partial charge in [0.2, 0.25) is 0 Å². The lowest BCUT2D eigenvalue weighted by Crippen LogP contribution is -2.44. The van der Waals surface area contributed by atoms with Gasteiger partial charge in [-0.25, -0.2) is 14.6 Å². The Morgan fingerprint density at radius 3 is 1.88 bits per heavy atom. The van der Waals surface area contributed by atoms with Crippen LogP contribution >= 0.6 is 0 Å². The SMILES string of the molecule is CC(C)(C)OC(=O)N(C(=O)OC(C)(C)C)c1ccc(CCN)cn1. The molecule has 24 heavy (non-hydrogen) atoms. The maximum atomic E-state index is 12.4. The van der Waals surface area contributed by atoms with Crippen molar-refractivity contribution in [2.75, 3.05) is 11.4 Å². The number of hydrogen-bond donors (Lipinski definition) is 1. The van der Waals surface area contributed by atoms with Crippen molar-refractivity contribution in [1.82, 2.24) is 4.98 Å². The predicted octanol–water partition coefficient (Wildman–Crippen LogP) is 3.26. The van der Waals surface area contributed by atoms with Crippen molar-refractivity contribution < 1.29 is 19.1 Å². The quantitative estimate of drug-likeness (QED) is 0.909. The summed E-state index contributed by atoms with van der Waals surface area (Å²) in [5, 5.41) is 0. The van der Waals surface area contributed by atoms with Gasteiger partial charge in [0.1, 0.15) is 17.0 Å². The van der Waals surface area contributed by atoms with Gasteiger partial charge >= 0.3 is 12.2 Å². The summed E-state index contributed by atoms with van der Waals surface area (Å²) >= 11 is 0. The second kappa shape index (κ2) is 7.61. The molecule has 1 aromatic heterocycles. The second-order valence-electron chi connectivity index (χ2n) is 7.36. The molecule has 7 heteroatoms. The van der Waals surface area contributed by atoms with Gasteiger partial charge in [-0.2, -0.15) is 4.90 Å². The lowest BCUT2D eigenvalue weighted by atomic mass is 10.2. The zero-order valence-electron chi connectivity index (χ0n) is 15.3. The van der Waals surface area contributed by atoms with Gasteiger partial charge in [0.05, 0.1) is 0 Å². The van der Waals surface area contributed by atoms with Crippen molar-refractivity contribution in [2.24, 2.45) is 5.73 Å². The number of pyridine rings is 1. The van der Waals surface area contributed by atoms with Gasteiger partial charge in [0.15, 0.2) is 0 Å². The number of rotatable bonds is 3. The number of nitrogens with zero attached hydrogens (tertiary/aromatic N) is 2. The van der Waals surface area contributed by atoms with E-state index in [1.165, 1.54) is 0 Å². The monoisotopic (exact) mass is 337 g/mol. The number of carbonyl (C=O) groups excluding carboxylic acids is 2. The van der Waals surface area contributed by atoms with Crippen LogP contribution in [0.2, 0.25) is 0 Å². The molecule has 0 aliphatic heterocycles. The summed E-state index contributed by atoms with van der Waals surface area (Å²) in [6.07, 6.45) is 0.558. The van der Waals surface area contributed by atoms with Crippen LogP contribution in [0.25, 0.3) is 0 Å². The molecule has 0 atom stereocenters. The number of aromatic nitrogens is 1. The molecule has 2 amide bonds. The van der Waals surface area contributed by atoms with Crippen LogP contribution in [0.1, 0.15) is 47.1 Å². The van der Waals surface area contributed by atoms with Gasteiger partial charge in [0.25, 0.3) is 0 Å². The van der Waals surface area contributed by atoms with Crippen molar-refractivity contribution in [3.63, 3.8) is 0 Å². The highest BCUT2D eigenvalue weighted by atomic mass is 16.6. The summed E-state index contributed by atoms with van der Waals surface area (Å²) in [5.41, 5.74) is 4.91. The molecule has 0 aliphatic carbocycles. The van der Waals surface area contributed by atoms with Gasteiger partial charge in [-0.1, -0.05) is 6.07 Å². The maximum absolute atomic E-state index is 12.4. The Balaban J connectivity index is 3.12. The summed E-state index contributed by atoms with van der Waals surface area (Å²) in [7, 11) is 0. The minimum atomic E-state index is -0.837. The van der Waals surface area contributed by atoms with E-state index in [0.29, 0.717) is 13.0 Å². The summed E-state index contributed by atoms with van der Waals surface area (Å²) in [6, 6.07) is 3.33. The molecule has 1 heterocycles. The van der Waals surface area contributed by atoms with Crippen molar-refractivity contribution in [3.05, 3.63) is 23.9 Å². The van der Waals surface area contributed by atoms with E-state index in [0.717, 1.165) is 10.5 Å². The highest BCUT2D eigenvalue weighted by Gasteiger charge is 2.33. The van der Waals surface area contributed by atoms with Crippen molar-refractivity contribution >= 4 is 18.0 Å². The predicted molar refractivity (Wildman–Crippen MR) is 91.9 cm³/mol. The zero-order chi connectivity index (χ0) is 18.5. The van der Waals surface area contributed by atoms with E-state index in [4.69, 9.17) is 15.2 Å². The Kier molecular flexibility index (Phi) is 6.31. The first-order valence-corrected chi connectivity index (χ1v) is 7.84. The minimum absolute atomic E-state index is 0.138. The lowest BCUT2D eigenvalue weighted by Gasteiger charge is -2.28. The Labute approximate surface area is 143 Å². The standard InChI is InChI=1S/C17H27N3O4/c1-16(2,3)23-14(21)20(15(22)24-17(4,5)6)13-8-7-12(9-10-18)11-19-13/h7-8,11H,9-10,18H2,1-6H3. The van der Waals surface area contributed by atoms with Crippen LogP contribution in [0.5, 0.6) is 0 Å². The molecule has 134 valence electrons. The average Bonchev–Trinajstić information content (AvgIpc) is 2.37. The number of ether oxygens (including phenoxy) is 2. The number of anilines is 1. The number of amides is 2. The Hall–Kier alpha value is -2.15. The molecule has 0 radical (unpaired) electrons. The van der Waals surface area contributed by atoms with E-state index in [1.807, 2.05) is 0 Å². The average molecular weight is 337 g/mol. The number of imide groups is 1. The fraction of sp³-hybridized carbons (Fsp3) is 0.588. The van der Waals surface area contributed by atoms with Crippen LogP contribution in [-0.4, -0.2) is 34.9 Å². The Morgan fingerprint density at radius 2 is 1.54 bits per heavy atom. The second-order valence-corrected chi connectivity index (χ2v) is 7.36. The third-order valence-electron chi connectivity index (χ3n) is 2.62. The van der Waals surface area contributed by atoms with Crippen LogP contribution in [0.3, 0.4) is 0 Å². The van der Waals surface area contributed by atoms with Crippen LogP contribution in [0.4, 0.5) is 15.4 Å². The topological polar surface area (TPSA) is 94.8 Å². The van der Waals surface area contributed by atoms with E-state index in [2.05, 4.69) is 4.98 Å². The molecular weight excluding hydrogens is 310 g/mol. The summed E-state index contributed by atoms with van der Waals surface area (Å²) in [5.74, 6) is 0.138. The Morgan fingerprint density at radius 1 is 1.04 bits per heavy atom. The first-order valence-electron chi connectivity index (χ1n) is 7.84. The molecule has 0 fully saturated rings. The Bertz CT molecular complexity index is 543.